The minimum atomic E-state index is -0.119. The summed E-state index contributed by atoms with van der Waals surface area (Å²) in [5.41, 5.74) is 1.04. The molecule has 1 N–H and O–H groups in total. The van der Waals surface area contributed by atoms with Crippen LogP contribution in [0.3, 0.4) is 0 Å². The summed E-state index contributed by atoms with van der Waals surface area (Å²) in [5.74, 6) is -0.0781. The van der Waals surface area contributed by atoms with Crippen LogP contribution in [-0.4, -0.2) is 18.2 Å². The molecule has 1 fully saturated rings. The zero-order chi connectivity index (χ0) is 8.97. The van der Waals surface area contributed by atoms with Crippen molar-refractivity contribution in [2.75, 3.05) is 7.11 Å². The average Bonchev–Trinajstić information content (AvgIpc) is 2.17. The first-order chi connectivity index (χ1) is 5.77. The van der Waals surface area contributed by atoms with Crippen molar-refractivity contribution in [1.29, 1.82) is 0 Å². The number of allylic oxidation sites excluding steroid dienone is 1. The summed E-state index contributed by atoms with van der Waals surface area (Å²) in [6.07, 6.45) is 4.40. The van der Waals surface area contributed by atoms with Crippen molar-refractivity contribution in [3.8, 4) is 0 Å². The van der Waals surface area contributed by atoms with E-state index in [0.717, 1.165) is 37.5 Å². The lowest BCUT2D eigenvalue weighted by atomic mass is 9.86. The lowest BCUT2D eigenvalue weighted by Gasteiger charge is -2.20. The Morgan fingerprint density at radius 1 is 1.58 bits per heavy atom. The fourth-order valence-corrected chi connectivity index (χ4v) is 1.52. The average molecular weight is 170 g/mol. The van der Waals surface area contributed by atoms with Gasteiger partial charge in [0.15, 0.2) is 0 Å². The normalized spacial score (nSPS) is 23.4. The number of aliphatic hydroxyl groups excluding tert-OH is 1. The van der Waals surface area contributed by atoms with Gasteiger partial charge in [-0.15, -0.1) is 0 Å². The molecule has 0 atom stereocenters. The minimum absolute atomic E-state index is 0.0405. The van der Waals surface area contributed by atoms with Crippen LogP contribution in [0.4, 0.5) is 0 Å². The van der Waals surface area contributed by atoms with Gasteiger partial charge in [-0.05, 0) is 31.3 Å². The Hall–Kier alpha value is -0.990. The molecule has 3 heteroatoms. The fraction of sp³-hybridized carbons (Fsp3) is 0.667. The van der Waals surface area contributed by atoms with Crippen LogP contribution in [0, 0.1) is 5.92 Å². The molecule has 0 amide bonds. The van der Waals surface area contributed by atoms with Crippen molar-refractivity contribution in [1.82, 2.24) is 0 Å². The van der Waals surface area contributed by atoms with E-state index in [1.807, 2.05) is 0 Å². The Labute approximate surface area is 72.0 Å². The first-order valence-electron chi connectivity index (χ1n) is 4.18. The van der Waals surface area contributed by atoms with E-state index in [-0.39, 0.29) is 11.9 Å². The predicted octanol–water partition coefficient (Wildman–Crippen LogP) is 1.79. The molecule has 0 aromatic rings. The molecule has 0 aromatic heterocycles. The van der Waals surface area contributed by atoms with Crippen LogP contribution in [0.1, 0.15) is 25.7 Å². The van der Waals surface area contributed by atoms with Gasteiger partial charge in [-0.2, -0.15) is 0 Å². The SMILES string of the molecule is COC(=O)C1CCC(=CO)CC1. The lowest BCUT2D eigenvalue weighted by Crippen LogP contribution is -2.19. The van der Waals surface area contributed by atoms with E-state index in [4.69, 9.17) is 5.11 Å². The quantitative estimate of drug-likeness (QED) is 0.482. The van der Waals surface area contributed by atoms with Crippen LogP contribution < -0.4 is 0 Å². The van der Waals surface area contributed by atoms with Gasteiger partial charge in [-0.25, -0.2) is 0 Å². The number of hydrogen-bond donors (Lipinski definition) is 1. The molecular formula is C9H14O3. The number of ether oxygens (including phenoxy) is 1. The van der Waals surface area contributed by atoms with Crippen molar-refractivity contribution in [2.24, 2.45) is 5.92 Å². The second kappa shape index (κ2) is 4.14. The maximum Gasteiger partial charge on any atom is 0.308 e. The Kier molecular flexibility index (Phi) is 3.14. The van der Waals surface area contributed by atoms with Gasteiger partial charge < -0.3 is 9.84 Å². The summed E-state index contributed by atoms with van der Waals surface area (Å²) in [4.78, 5) is 11.1. The van der Waals surface area contributed by atoms with Crippen LogP contribution >= 0.6 is 0 Å². The number of methoxy groups -OCH3 is 1. The van der Waals surface area contributed by atoms with Crippen molar-refractivity contribution in [2.45, 2.75) is 25.7 Å². The first kappa shape index (κ1) is 9.10. The third-order valence-electron chi connectivity index (χ3n) is 2.34. The van der Waals surface area contributed by atoms with Crippen molar-refractivity contribution in [3.05, 3.63) is 11.8 Å². The van der Waals surface area contributed by atoms with Crippen LogP contribution in [0.5, 0.6) is 0 Å². The topological polar surface area (TPSA) is 46.5 Å². The molecule has 0 radical (unpaired) electrons. The largest absolute Gasteiger partial charge is 0.516 e. The van der Waals surface area contributed by atoms with E-state index in [2.05, 4.69) is 4.74 Å². The van der Waals surface area contributed by atoms with Crippen molar-refractivity contribution in [3.63, 3.8) is 0 Å². The molecule has 0 aromatic carbocycles. The fourth-order valence-electron chi connectivity index (χ4n) is 1.52. The molecule has 0 unspecified atom stereocenters. The maximum atomic E-state index is 11.1. The molecule has 1 rings (SSSR count). The Morgan fingerprint density at radius 2 is 2.17 bits per heavy atom. The summed E-state index contributed by atoms with van der Waals surface area (Å²) < 4.78 is 4.64. The van der Waals surface area contributed by atoms with Gasteiger partial charge in [0.25, 0.3) is 0 Å². The maximum absolute atomic E-state index is 11.1. The zero-order valence-electron chi connectivity index (χ0n) is 7.25. The van der Waals surface area contributed by atoms with Crippen LogP contribution in [0.2, 0.25) is 0 Å². The summed E-state index contributed by atoms with van der Waals surface area (Å²) >= 11 is 0. The molecule has 0 heterocycles. The Balaban J connectivity index is 2.41. The van der Waals surface area contributed by atoms with E-state index in [9.17, 15) is 4.79 Å². The monoisotopic (exact) mass is 170 g/mol. The van der Waals surface area contributed by atoms with Crippen LogP contribution in [-0.2, 0) is 9.53 Å². The third kappa shape index (κ3) is 2.00. The number of carbonyl (C=O) groups is 1. The Bertz CT molecular complexity index is 186. The molecule has 1 aliphatic carbocycles. The third-order valence-corrected chi connectivity index (χ3v) is 2.34. The number of hydrogen-bond acceptors (Lipinski definition) is 3. The molecule has 0 spiro atoms. The number of carbonyl (C=O) groups excluding carboxylic acids is 1. The molecule has 3 nitrogen and oxygen atoms in total. The molecule has 1 saturated carbocycles. The van der Waals surface area contributed by atoms with Crippen LogP contribution in [0.15, 0.2) is 11.8 Å². The highest BCUT2D eigenvalue weighted by atomic mass is 16.5. The van der Waals surface area contributed by atoms with Crippen molar-refractivity contribution < 1.29 is 14.6 Å². The standard InChI is InChI=1S/C9H14O3/c1-12-9(11)8-4-2-7(6-10)3-5-8/h6,8,10H,2-5H2,1H3. The van der Waals surface area contributed by atoms with E-state index in [0.29, 0.717) is 0 Å². The Morgan fingerprint density at radius 3 is 2.58 bits per heavy atom. The highest BCUT2D eigenvalue weighted by molar-refractivity contribution is 5.72. The summed E-state index contributed by atoms with van der Waals surface area (Å²) in [6, 6.07) is 0. The van der Waals surface area contributed by atoms with Gasteiger partial charge in [0.1, 0.15) is 0 Å². The summed E-state index contributed by atoms with van der Waals surface area (Å²) in [5, 5.41) is 8.69. The highest BCUT2D eigenvalue weighted by Crippen LogP contribution is 2.28. The van der Waals surface area contributed by atoms with E-state index in [1.165, 1.54) is 7.11 Å². The van der Waals surface area contributed by atoms with Gasteiger partial charge in [-0.3, -0.25) is 4.79 Å². The number of rotatable bonds is 1. The minimum Gasteiger partial charge on any atom is -0.516 e. The van der Waals surface area contributed by atoms with Crippen LogP contribution in [0.25, 0.3) is 0 Å². The lowest BCUT2D eigenvalue weighted by molar-refractivity contribution is -0.146. The molecule has 1 aliphatic rings. The highest BCUT2D eigenvalue weighted by Gasteiger charge is 2.23. The molecule has 0 bridgehead atoms. The predicted molar refractivity (Wildman–Crippen MR) is 44.7 cm³/mol. The number of esters is 1. The van der Waals surface area contributed by atoms with Gasteiger partial charge in [-0.1, -0.05) is 0 Å². The smallest absolute Gasteiger partial charge is 0.308 e. The zero-order valence-corrected chi connectivity index (χ0v) is 7.25. The molecule has 0 aliphatic heterocycles. The summed E-state index contributed by atoms with van der Waals surface area (Å²) in [7, 11) is 1.42. The van der Waals surface area contributed by atoms with Crippen molar-refractivity contribution >= 4 is 5.97 Å². The van der Waals surface area contributed by atoms with Gasteiger partial charge in [0, 0.05) is 0 Å². The van der Waals surface area contributed by atoms with E-state index in [1.54, 1.807) is 0 Å². The van der Waals surface area contributed by atoms with Gasteiger partial charge in [0.2, 0.25) is 0 Å². The van der Waals surface area contributed by atoms with E-state index >= 15 is 0 Å². The molecule has 0 saturated heterocycles. The van der Waals surface area contributed by atoms with E-state index < -0.39 is 0 Å². The van der Waals surface area contributed by atoms with Gasteiger partial charge in [0.05, 0.1) is 19.3 Å². The second-order valence-corrected chi connectivity index (χ2v) is 3.08. The number of aliphatic hydroxyl groups is 1. The van der Waals surface area contributed by atoms with Gasteiger partial charge >= 0.3 is 5.97 Å². The molecule has 12 heavy (non-hydrogen) atoms. The molecular weight excluding hydrogens is 156 g/mol. The second-order valence-electron chi connectivity index (χ2n) is 3.08. The molecule has 68 valence electrons. The first-order valence-corrected chi connectivity index (χ1v) is 4.18. The summed E-state index contributed by atoms with van der Waals surface area (Å²) in [6.45, 7) is 0.